The molecule has 0 atom stereocenters. The number of methoxy groups -OCH3 is 1. The lowest BCUT2D eigenvalue weighted by molar-refractivity contribution is 0.415. The number of ether oxygens (including phenoxy) is 1. The molecule has 0 amide bonds. The number of hydrogen-bond acceptors (Lipinski definition) is 5. The summed E-state index contributed by atoms with van der Waals surface area (Å²) in [6.07, 6.45) is 0. The minimum atomic E-state index is 0.662. The Morgan fingerprint density at radius 3 is 2.35 bits per heavy atom. The molecule has 26 heavy (non-hydrogen) atoms. The average molecular weight is 347 g/mol. The van der Waals surface area contributed by atoms with Crippen LogP contribution in [0.15, 0.2) is 48.5 Å². The molecule has 0 saturated carbocycles. The zero-order chi connectivity index (χ0) is 18.5. The second-order valence-corrected chi connectivity index (χ2v) is 5.96. The van der Waals surface area contributed by atoms with Gasteiger partial charge in [-0.05, 0) is 48.9 Å². The van der Waals surface area contributed by atoms with E-state index in [2.05, 4.69) is 32.7 Å². The Labute approximate surface area is 153 Å². The Bertz CT molecular complexity index is 907. The molecular weight excluding hydrogens is 326 g/mol. The Balaban J connectivity index is 1.85. The molecule has 6 heteroatoms. The first kappa shape index (κ1) is 17.5. The molecule has 0 N–H and O–H groups in total. The van der Waals surface area contributed by atoms with Crippen molar-refractivity contribution in [3.8, 4) is 23.2 Å². The van der Waals surface area contributed by atoms with E-state index < -0.39 is 0 Å². The number of benzene rings is 2. The highest BCUT2D eigenvalue weighted by molar-refractivity contribution is 5.59. The normalized spacial score (nSPS) is 10.4. The fraction of sp³-hybridized carbons (Fsp3) is 0.250. The summed E-state index contributed by atoms with van der Waals surface area (Å²) >= 11 is 0. The summed E-state index contributed by atoms with van der Waals surface area (Å²) in [5.41, 5.74) is 2.77. The van der Waals surface area contributed by atoms with E-state index in [1.807, 2.05) is 55.6 Å². The van der Waals surface area contributed by atoms with Crippen LogP contribution in [-0.2, 0) is 13.1 Å². The molecule has 6 nitrogen and oxygen atoms in total. The molecule has 132 valence electrons. The molecule has 0 aliphatic heterocycles. The first-order valence-electron chi connectivity index (χ1n) is 8.44. The van der Waals surface area contributed by atoms with Crippen LogP contribution in [0.4, 0.5) is 5.95 Å². The van der Waals surface area contributed by atoms with Crippen molar-refractivity contribution >= 4 is 5.95 Å². The van der Waals surface area contributed by atoms with Crippen LogP contribution in [0.3, 0.4) is 0 Å². The van der Waals surface area contributed by atoms with Crippen LogP contribution < -0.4 is 9.64 Å². The maximum Gasteiger partial charge on any atom is 0.227 e. The van der Waals surface area contributed by atoms with Crippen LogP contribution in [0.1, 0.15) is 18.1 Å². The maximum atomic E-state index is 8.91. The number of nitriles is 1. The van der Waals surface area contributed by atoms with Gasteiger partial charge in [0.15, 0.2) is 5.82 Å². The number of hydrogen-bond donors (Lipinski definition) is 0. The number of aromatic nitrogens is 3. The Morgan fingerprint density at radius 2 is 1.77 bits per heavy atom. The van der Waals surface area contributed by atoms with Gasteiger partial charge in [-0.2, -0.15) is 5.26 Å². The summed E-state index contributed by atoms with van der Waals surface area (Å²) in [5, 5.41) is 17.7. The van der Waals surface area contributed by atoms with Gasteiger partial charge in [0.25, 0.3) is 0 Å². The van der Waals surface area contributed by atoms with Gasteiger partial charge in [0.05, 0.1) is 18.7 Å². The second-order valence-electron chi connectivity index (χ2n) is 5.96. The van der Waals surface area contributed by atoms with Crippen LogP contribution in [-0.4, -0.2) is 28.9 Å². The number of rotatable bonds is 6. The SMILES string of the molecule is CCn1c(-c2ccc(OC)cc2)nnc1N(C)Cc1ccc(C#N)cc1. The van der Waals surface area contributed by atoms with Gasteiger partial charge < -0.3 is 9.64 Å². The molecule has 0 saturated heterocycles. The molecule has 0 fully saturated rings. The zero-order valence-electron chi connectivity index (χ0n) is 15.2. The van der Waals surface area contributed by atoms with E-state index in [-0.39, 0.29) is 0 Å². The highest BCUT2D eigenvalue weighted by Crippen LogP contribution is 2.25. The topological polar surface area (TPSA) is 67.0 Å². The molecule has 0 aliphatic carbocycles. The van der Waals surface area contributed by atoms with E-state index in [9.17, 15) is 0 Å². The van der Waals surface area contributed by atoms with Gasteiger partial charge in [0.2, 0.25) is 5.95 Å². The van der Waals surface area contributed by atoms with Crippen molar-refractivity contribution in [1.29, 1.82) is 5.26 Å². The third kappa shape index (κ3) is 3.52. The van der Waals surface area contributed by atoms with Crippen LogP contribution in [0.2, 0.25) is 0 Å². The molecule has 0 radical (unpaired) electrons. The largest absolute Gasteiger partial charge is 0.497 e. The quantitative estimate of drug-likeness (QED) is 0.683. The predicted molar refractivity (Wildman–Crippen MR) is 101 cm³/mol. The van der Waals surface area contributed by atoms with E-state index in [4.69, 9.17) is 10.00 Å². The average Bonchev–Trinajstić information content (AvgIpc) is 3.13. The van der Waals surface area contributed by atoms with Crippen LogP contribution in [0, 0.1) is 11.3 Å². The third-order valence-electron chi connectivity index (χ3n) is 4.24. The van der Waals surface area contributed by atoms with Gasteiger partial charge in [0, 0.05) is 25.7 Å². The second kappa shape index (κ2) is 7.70. The van der Waals surface area contributed by atoms with Gasteiger partial charge in [-0.1, -0.05) is 12.1 Å². The minimum Gasteiger partial charge on any atom is -0.497 e. The van der Waals surface area contributed by atoms with Crippen molar-refractivity contribution in [3.05, 3.63) is 59.7 Å². The van der Waals surface area contributed by atoms with E-state index in [0.29, 0.717) is 12.1 Å². The third-order valence-corrected chi connectivity index (χ3v) is 4.24. The highest BCUT2D eigenvalue weighted by Gasteiger charge is 2.16. The van der Waals surface area contributed by atoms with Crippen molar-refractivity contribution in [2.45, 2.75) is 20.0 Å². The predicted octanol–water partition coefficient (Wildman–Crippen LogP) is 3.48. The summed E-state index contributed by atoms with van der Waals surface area (Å²) in [6, 6.07) is 17.5. The molecule has 0 unspecified atom stereocenters. The lowest BCUT2D eigenvalue weighted by atomic mass is 10.1. The van der Waals surface area contributed by atoms with E-state index >= 15 is 0 Å². The molecule has 0 bridgehead atoms. The molecule has 0 aliphatic rings. The highest BCUT2D eigenvalue weighted by atomic mass is 16.5. The van der Waals surface area contributed by atoms with E-state index in [1.165, 1.54) is 0 Å². The molecular formula is C20H21N5O. The maximum absolute atomic E-state index is 8.91. The van der Waals surface area contributed by atoms with Crippen molar-refractivity contribution in [2.75, 3.05) is 19.1 Å². The standard InChI is InChI=1S/C20H21N5O/c1-4-25-19(17-9-11-18(26-3)12-10-17)22-23-20(25)24(2)14-16-7-5-15(13-21)6-8-16/h5-12H,4,14H2,1-3H3. The van der Waals surface area contributed by atoms with E-state index in [0.717, 1.165) is 35.2 Å². The van der Waals surface area contributed by atoms with Gasteiger partial charge in [-0.25, -0.2) is 0 Å². The fourth-order valence-corrected chi connectivity index (χ4v) is 2.85. The summed E-state index contributed by atoms with van der Waals surface area (Å²) in [6.45, 7) is 3.53. The van der Waals surface area contributed by atoms with Gasteiger partial charge in [0.1, 0.15) is 5.75 Å². The van der Waals surface area contributed by atoms with Crippen LogP contribution in [0.5, 0.6) is 5.75 Å². The molecule has 1 heterocycles. The smallest absolute Gasteiger partial charge is 0.227 e. The molecule has 2 aromatic carbocycles. The van der Waals surface area contributed by atoms with Crippen molar-refractivity contribution in [2.24, 2.45) is 0 Å². The summed E-state index contributed by atoms with van der Waals surface area (Å²) in [4.78, 5) is 2.06. The van der Waals surface area contributed by atoms with Gasteiger partial charge in [-0.3, -0.25) is 4.57 Å². The minimum absolute atomic E-state index is 0.662. The van der Waals surface area contributed by atoms with Crippen LogP contribution in [0.25, 0.3) is 11.4 Å². The zero-order valence-corrected chi connectivity index (χ0v) is 15.2. The summed E-state index contributed by atoms with van der Waals surface area (Å²) < 4.78 is 7.31. The monoisotopic (exact) mass is 347 g/mol. The lowest BCUT2D eigenvalue weighted by Gasteiger charge is -2.19. The van der Waals surface area contributed by atoms with Crippen molar-refractivity contribution in [1.82, 2.24) is 14.8 Å². The van der Waals surface area contributed by atoms with Gasteiger partial charge in [-0.15, -0.1) is 10.2 Å². The van der Waals surface area contributed by atoms with Crippen molar-refractivity contribution in [3.63, 3.8) is 0 Å². The number of nitrogens with zero attached hydrogens (tertiary/aromatic N) is 5. The molecule has 3 rings (SSSR count). The van der Waals surface area contributed by atoms with E-state index in [1.54, 1.807) is 7.11 Å². The number of anilines is 1. The Morgan fingerprint density at radius 1 is 1.08 bits per heavy atom. The molecule has 1 aromatic heterocycles. The fourth-order valence-electron chi connectivity index (χ4n) is 2.85. The van der Waals surface area contributed by atoms with Crippen LogP contribution >= 0.6 is 0 Å². The van der Waals surface area contributed by atoms with Crippen molar-refractivity contribution < 1.29 is 4.74 Å². The molecule has 0 spiro atoms. The lowest BCUT2D eigenvalue weighted by Crippen LogP contribution is -2.21. The summed E-state index contributed by atoms with van der Waals surface area (Å²) in [5.74, 6) is 2.45. The Kier molecular flexibility index (Phi) is 5.18. The Hall–Kier alpha value is -3.33. The molecule has 3 aromatic rings. The summed E-state index contributed by atoms with van der Waals surface area (Å²) in [7, 11) is 3.64. The van der Waals surface area contributed by atoms with Gasteiger partial charge >= 0.3 is 0 Å². The first-order chi connectivity index (χ1) is 12.7. The first-order valence-corrected chi connectivity index (χ1v) is 8.44.